The van der Waals surface area contributed by atoms with E-state index in [0.29, 0.717) is 22.7 Å². The summed E-state index contributed by atoms with van der Waals surface area (Å²) in [7, 11) is 3.01. The molecule has 29 heavy (non-hydrogen) atoms. The highest BCUT2D eigenvalue weighted by atomic mass is 16.5. The van der Waals surface area contributed by atoms with E-state index in [1.165, 1.54) is 21.1 Å². The number of rotatable bonds is 6. The number of amides is 4. The number of imide groups is 1. The molecule has 1 saturated heterocycles. The zero-order valence-corrected chi connectivity index (χ0v) is 16.7. The first-order chi connectivity index (χ1) is 13.8. The van der Waals surface area contributed by atoms with Gasteiger partial charge in [0, 0.05) is 0 Å². The van der Waals surface area contributed by atoms with Crippen LogP contribution in [0.1, 0.15) is 19.4 Å². The van der Waals surface area contributed by atoms with Gasteiger partial charge < -0.3 is 20.1 Å². The second-order valence-electron chi connectivity index (χ2n) is 6.83. The van der Waals surface area contributed by atoms with Crippen molar-refractivity contribution in [3.63, 3.8) is 0 Å². The number of benzene rings is 2. The van der Waals surface area contributed by atoms with Gasteiger partial charge in [-0.05, 0) is 43.7 Å². The predicted molar refractivity (Wildman–Crippen MR) is 107 cm³/mol. The first kappa shape index (κ1) is 20.2. The number of carbonyl (C=O) groups excluding carboxylic acids is 3. The number of methoxy groups -OCH3 is 2. The third-order valence-electron chi connectivity index (χ3n) is 5.00. The average molecular weight is 397 g/mol. The summed E-state index contributed by atoms with van der Waals surface area (Å²) in [6.07, 6.45) is 0. The molecule has 0 aromatic heterocycles. The molecule has 4 amide bonds. The number of anilines is 1. The van der Waals surface area contributed by atoms with Crippen LogP contribution in [0.25, 0.3) is 0 Å². The topological polar surface area (TPSA) is 97.0 Å². The van der Waals surface area contributed by atoms with E-state index in [2.05, 4.69) is 10.6 Å². The first-order valence-electron chi connectivity index (χ1n) is 9.06. The maximum Gasteiger partial charge on any atom is 0.326 e. The number of nitrogens with zero attached hydrogens (tertiary/aromatic N) is 1. The van der Waals surface area contributed by atoms with Gasteiger partial charge in [0.25, 0.3) is 5.91 Å². The molecule has 1 aliphatic rings. The van der Waals surface area contributed by atoms with Gasteiger partial charge >= 0.3 is 6.03 Å². The molecule has 0 aliphatic carbocycles. The highest BCUT2D eigenvalue weighted by molar-refractivity contribution is 6.11. The highest BCUT2D eigenvalue weighted by Gasteiger charge is 2.51. The fourth-order valence-corrected chi connectivity index (χ4v) is 3.24. The van der Waals surface area contributed by atoms with Crippen molar-refractivity contribution in [3.8, 4) is 11.5 Å². The number of nitrogens with one attached hydrogen (secondary N) is 2. The summed E-state index contributed by atoms with van der Waals surface area (Å²) >= 11 is 0. The summed E-state index contributed by atoms with van der Waals surface area (Å²) in [5.41, 5.74) is -0.283. The van der Waals surface area contributed by atoms with Gasteiger partial charge in [-0.3, -0.25) is 9.59 Å². The van der Waals surface area contributed by atoms with E-state index in [1.807, 2.05) is 0 Å². The summed E-state index contributed by atoms with van der Waals surface area (Å²) in [6.45, 7) is 3.10. The molecule has 0 unspecified atom stereocenters. The van der Waals surface area contributed by atoms with E-state index in [1.54, 1.807) is 55.5 Å². The molecule has 0 spiro atoms. The average Bonchev–Trinajstić information content (AvgIpc) is 2.97. The van der Waals surface area contributed by atoms with Crippen LogP contribution in [0, 0.1) is 0 Å². The molecular weight excluding hydrogens is 374 g/mol. The first-order valence-corrected chi connectivity index (χ1v) is 9.06. The molecular formula is C21H23N3O5. The Morgan fingerprint density at radius 2 is 1.83 bits per heavy atom. The Kier molecular flexibility index (Phi) is 5.45. The minimum Gasteiger partial charge on any atom is -0.497 e. The lowest BCUT2D eigenvalue weighted by atomic mass is 9.91. The Bertz CT molecular complexity index is 961. The Hall–Kier alpha value is -3.55. The molecule has 152 valence electrons. The fraction of sp³-hybridized carbons (Fsp3) is 0.286. The minimum atomic E-state index is -1.30. The van der Waals surface area contributed by atoms with Crippen LogP contribution in [0.2, 0.25) is 0 Å². The lowest BCUT2D eigenvalue weighted by Gasteiger charge is -2.25. The second kappa shape index (κ2) is 7.83. The fourth-order valence-electron chi connectivity index (χ4n) is 3.24. The van der Waals surface area contributed by atoms with Gasteiger partial charge in [0.2, 0.25) is 5.91 Å². The summed E-state index contributed by atoms with van der Waals surface area (Å²) in [4.78, 5) is 39.4. The number of hydrogen-bond acceptors (Lipinski definition) is 5. The molecule has 1 heterocycles. The Morgan fingerprint density at radius 3 is 2.52 bits per heavy atom. The van der Waals surface area contributed by atoms with E-state index < -0.39 is 29.4 Å². The van der Waals surface area contributed by atoms with Crippen LogP contribution in [0.3, 0.4) is 0 Å². The van der Waals surface area contributed by atoms with Crippen LogP contribution < -0.4 is 20.1 Å². The van der Waals surface area contributed by atoms with Crippen LogP contribution in [-0.2, 0) is 15.1 Å². The van der Waals surface area contributed by atoms with Crippen LogP contribution in [-0.4, -0.2) is 43.0 Å². The number of hydrogen-bond donors (Lipinski definition) is 2. The number of ether oxygens (including phenoxy) is 2. The van der Waals surface area contributed by atoms with Gasteiger partial charge in [-0.15, -0.1) is 0 Å². The van der Waals surface area contributed by atoms with Crippen molar-refractivity contribution in [2.24, 2.45) is 0 Å². The van der Waals surface area contributed by atoms with Crippen molar-refractivity contribution < 1.29 is 23.9 Å². The smallest absolute Gasteiger partial charge is 0.326 e. The molecule has 8 nitrogen and oxygen atoms in total. The van der Waals surface area contributed by atoms with Crippen LogP contribution >= 0.6 is 0 Å². The molecule has 1 fully saturated rings. The van der Waals surface area contributed by atoms with Gasteiger partial charge in [-0.1, -0.05) is 24.3 Å². The molecule has 2 N–H and O–H groups in total. The summed E-state index contributed by atoms with van der Waals surface area (Å²) in [5, 5.41) is 5.40. The molecule has 0 saturated carbocycles. The largest absolute Gasteiger partial charge is 0.497 e. The summed E-state index contributed by atoms with van der Waals surface area (Å²) in [6, 6.07) is 12.1. The number of para-hydroxylation sites is 2. The molecule has 3 rings (SSSR count). The third-order valence-corrected chi connectivity index (χ3v) is 5.00. The predicted octanol–water partition coefficient (Wildman–Crippen LogP) is 2.50. The summed E-state index contributed by atoms with van der Waals surface area (Å²) in [5.74, 6) is 0.0176. The minimum absolute atomic E-state index is 0.453. The van der Waals surface area contributed by atoms with E-state index in [0.717, 1.165) is 4.90 Å². The van der Waals surface area contributed by atoms with Crippen molar-refractivity contribution in [2.45, 2.75) is 25.4 Å². The Labute approximate surface area is 168 Å². The van der Waals surface area contributed by atoms with Crippen molar-refractivity contribution in [3.05, 3.63) is 54.1 Å². The lowest BCUT2D eigenvalue weighted by molar-refractivity contribution is -0.136. The van der Waals surface area contributed by atoms with Crippen molar-refractivity contribution in [1.82, 2.24) is 10.2 Å². The standard InChI is InChI=1S/C21H23N3O5/c1-13(18(25)22-16-10-5-6-11-17(16)29-4)24-19(26)21(2,23-20(24)27)14-8-7-9-15(12-14)28-3/h5-13H,1-4H3,(H,22,25)(H,23,27)/t13-,21-/m1/s1. The van der Waals surface area contributed by atoms with Gasteiger partial charge in [0.05, 0.1) is 19.9 Å². The Balaban J connectivity index is 1.84. The Morgan fingerprint density at radius 1 is 1.10 bits per heavy atom. The number of carbonyl (C=O) groups is 3. The molecule has 2 atom stereocenters. The lowest BCUT2D eigenvalue weighted by Crippen LogP contribution is -2.47. The maximum atomic E-state index is 13.2. The van der Waals surface area contributed by atoms with E-state index in [4.69, 9.17) is 9.47 Å². The van der Waals surface area contributed by atoms with E-state index in [9.17, 15) is 14.4 Å². The van der Waals surface area contributed by atoms with Gasteiger partial charge in [0.1, 0.15) is 23.1 Å². The molecule has 2 aromatic carbocycles. The summed E-state index contributed by atoms with van der Waals surface area (Å²) < 4.78 is 10.4. The van der Waals surface area contributed by atoms with Crippen molar-refractivity contribution in [1.29, 1.82) is 0 Å². The molecule has 1 aliphatic heterocycles. The van der Waals surface area contributed by atoms with Gasteiger partial charge in [-0.2, -0.15) is 0 Å². The van der Waals surface area contributed by atoms with Crippen molar-refractivity contribution >= 4 is 23.5 Å². The van der Waals surface area contributed by atoms with Crippen molar-refractivity contribution in [2.75, 3.05) is 19.5 Å². The van der Waals surface area contributed by atoms with Crippen LogP contribution in [0.15, 0.2) is 48.5 Å². The SMILES string of the molecule is COc1cccc([C@@]2(C)NC(=O)N([C@H](C)C(=O)Nc3ccccc3OC)C2=O)c1. The molecule has 2 aromatic rings. The van der Waals surface area contributed by atoms with E-state index in [-0.39, 0.29) is 0 Å². The highest BCUT2D eigenvalue weighted by Crippen LogP contribution is 2.32. The second-order valence-corrected chi connectivity index (χ2v) is 6.83. The third kappa shape index (κ3) is 3.61. The molecule has 0 bridgehead atoms. The normalized spacial score (nSPS) is 19.5. The molecule has 0 radical (unpaired) electrons. The van der Waals surface area contributed by atoms with E-state index >= 15 is 0 Å². The zero-order valence-electron chi connectivity index (χ0n) is 16.7. The monoisotopic (exact) mass is 397 g/mol. The van der Waals surface area contributed by atoms with Crippen LogP contribution in [0.4, 0.5) is 10.5 Å². The quantitative estimate of drug-likeness (QED) is 0.730. The zero-order chi connectivity index (χ0) is 21.2. The maximum absolute atomic E-state index is 13.2. The molecule has 8 heteroatoms. The number of urea groups is 1. The van der Waals surface area contributed by atoms with Gasteiger partial charge in [-0.25, -0.2) is 9.69 Å². The van der Waals surface area contributed by atoms with Crippen LogP contribution in [0.5, 0.6) is 11.5 Å². The van der Waals surface area contributed by atoms with Gasteiger partial charge in [0.15, 0.2) is 0 Å².